The number of nitrogens with zero attached hydrogens (tertiary/aromatic N) is 2. The van der Waals surface area contributed by atoms with Gasteiger partial charge in [-0.3, -0.25) is 14.9 Å². The molecule has 0 heterocycles. The number of ether oxygens (including phenoxy) is 2. The van der Waals surface area contributed by atoms with Crippen molar-refractivity contribution in [2.24, 2.45) is 0 Å². The number of anilines is 1. The van der Waals surface area contributed by atoms with E-state index in [1.807, 2.05) is 0 Å². The van der Waals surface area contributed by atoms with Crippen molar-refractivity contribution in [2.45, 2.75) is 0 Å². The second-order valence-corrected chi connectivity index (χ2v) is 4.27. The lowest BCUT2D eigenvalue weighted by Crippen LogP contribution is -2.32. The molecule has 2 aromatic rings. The van der Waals surface area contributed by atoms with Gasteiger partial charge < -0.3 is 9.47 Å². The predicted molar refractivity (Wildman–Crippen MR) is 80.7 cm³/mol. The zero-order valence-corrected chi connectivity index (χ0v) is 12.0. The first kappa shape index (κ1) is 16.0. The molecule has 0 unspecified atom stereocenters. The molecule has 0 bridgehead atoms. The third-order valence-electron chi connectivity index (χ3n) is 2.88. The molecule has 8 heteroatoms. The van der Waals surface area contributed by atoms with E-state index >= 15 is 0 Å². The largest absolute Gasteiger partial charge is 0.494 e. The molecule has 0 saturated carbocycles. The third-order valence-corrected chi connectivity index (χ3v) is 2.88. The fourth-order valence-corrected chi connectivity index (χ4v) is 1.82. The van der Waals surface area contributed by atoms with E-state index in [4.69, 9.17) is 9.47 Å². The molecule has 2 aromatic carbocycles. The van der Waals surface area contributed by atoms with Gasteiger partial charge in [0.15, 0.2) is 0 Å². The molecule has 8 nitrogen and oxygen atoms in total. The number of amides is 2. The van der Waals surface area contributed by atoms with E-state index in [1.54, 1.807) is 30.3 Å². The lowest BCUT2D eigenvalue weighted by molar-refractivity contribution is -0.384. The van der Waals surface area contributed by atoms with Gasteiger partial charge in [-0.2, -0.15) is 0 Å². The molecule has 0 aromatic heterocycles. The summed E-state index contributed by atoms with van der Waals surface area (Å²) in [5.41, 5.74) is -0.193. The highest BCUT2D eigenvalue weighted by atomic mass is 16.6. The van der Waals surface area contributed by atoms with E-state index in [1.165, 1.54) is 13.2 Å². The van der Waals surface area contributed by atoms with Gasteiger partial charge in [-0.1, -0.05) is 18.2 Å². The van der Waals surface area contributed by atoms with Crippen LogP contribution in [0.1, 0.15) is 0 Å². The fourth-order valence-electron chi connectivity index (χ4n) is 1.82. The van der Waals surface area contributed by atoms with E-state index in [-0.39, 0.29) is 29.3 Å². The van der Waals surface area contributed by atoms with Crippen molar-refractivity contribution in [1.82, 2.24) is 0 Å². The first-order valence-electron chi connectivity index (χ1n) is 6.40. The summed E-state index contributed by atoms with van der Waals surface area (Å²) in [7, 11) is 1.27. The van der Waals surface area contributed by atoms with Gasteiger partial charge in [0, 0.05) is 6.07 Å². The van der Waals surface area contributed by atoms with Crippen LogP contribution < -0.4 is 14.4 Å². The maximum absolute atomic E-state index is 12.1. The van der Waals surface area contributed by atoms with Gasteiger partial charge in [0.2, 0.25) is 6.41 Å². The molecule has 0 spiro atoms. The molecular formula is C15H12N2O6. The second kappa shape index (κ2) is 7.03. The number of methoxy groups -OCH3 is 1. The number of carbonyl (C=O) groups is 2. The number of rotatable bonds is 5. The Hall–Kier alpha value is -3.42. The maximum Gasteiger partial charge on any atom is 0.426 e. The normalized spacial score (nSPS) is 9.78. The van der Waals surface area contributed by atoms with E-state index in [0.717, 1.165) is 12.1 Å². The summed E-state index contributed by atoms with van der Waals surface area (Å²) in [5.74, 6) is 0.251. The van der Waals surface area contributed by atoms with E-state index in [2.05, 4.69) is 0 Å². The van der Waals surface area contributed by atoms with Crippen LogP contribution in [0.15, 0.2) is 48.5 Å². The Morgan fingerprint density at radius 2 is 1.91 bits per heavy atom. The second-order valence-electron chi connectivity index (χ2n) is 4.27. The highest BCUT2D eigenvalue weighted by molar-refractivity contribution is 6.05. The van der Waals surface area contributed by atoms with Crippen molar-refractivity contribution < 1.29 is 24.0 Å². The topological polar surface area (TPSA) is 99.0 Å². The van der Waals surface area contributed by atoms with Crippen LogP contribution in [0.3, 0.4) is 0 Å². The molecule has 0 saturated heterocycles. The molecule has 23 heavy (non-hydrogen) atoms. The molecule has 0 aliphatic heterocycles. The minimum absolute atomic E-state index is 0.00342. The number of nitro benzene ring substituents is 1. The van der Waals surface area contributed by atoms with Crippen molar-refractivity contribution in [3.05, 3.63) is 58.6 Å². The van der Waals surface area contributed by atoms with Crippen molar-refractivity contribution >= 4 is 23.9 Å². The van der Waals surface area contributed by atoms with Crippen molar-refractivity contribution in [3.8, 4) is 11.5 Å². The molecule has 0 radical (unpaired) electrons. The van der Waals surface area contributed by atoms with Crippen LogP contribution >= 0.6 is 0 Å². The van der Waals surface area contributed by atoms with Crippen LogP contribution in [-0.4, -0.2) is 24.5 Å². The molecule has 0 aliphatic carbocycles. The molecule has 118 valence electrons. The van der Waals surface area contributed by atoms with Crippen molar-refractivity contribution in [3.63, 3.8) is 0 Å². The quantitative estimate of drug-likeness (QED) is 0.478. The summed E-state index contributed by atoms with van der Waals surface area (Å²) in [6, 6.07) is 11.7. The lowest BCUT2D eigenvalue weighted by atomic mass is 10.2. The minimum atomic E-state index is -0.960. The van der Waals surface area contributed by atoms with Gasteiger partial charge in [-0.05, 0) is 18.2 Å². The van der Waals surface area contributed by atoms with Gasteiger partial charge in [0.05, 0.1) is 23.8 Å². The number of imide groups is 1. The predicted octanol–water partition coefficient (Wildman–Crippen LogP) is 2.77. The molecule has 0 atom stereocenters. The van der Waals surface area contributed by atoms with Crippen LogP contribution in [0.5, 0.6) is 11.5 Å². The average Bonchev–Trinajstić information content (AvgIpc) is 2.56. The van der Waals surface area contributed by atoms with Crippen LogP contribution in [-0.2, 0) is 4.79 Å². The van der Waals surface area contributed by atoms with E-state index < -0.39 is 11.0 Å². The first-order chi connectivity index (χ1) is 11.1. The molecular weight excluding hydrogens is 304 g/mol. The summed E-state index contributed by atoms with van der Waals surface area (Å²) in [6.07, 6.45) is -0.715. The summed E-state index contributed by atoms with van der Waals surface area (Å²) < 4.78 is 10.1. The van der Waals surface area contributed by atoms with Crippen LogP contribution in [0.25, 0.3) is 0 Å². The van der Waals surface area contributed by atoms with Gasteiger partial charge in [-0.15, -0.1) is 0 Å². The number of non-ortho nitro benzene ring substituents is 1. The van der Waals surface area contributed by atoms with Gasteiger partial charge in [0.1, 0.15) is 11.5 Å². The Morgan fingerprint density at radius 1 is 1.22 bits per heavy atom. The Labute approximate surface area is 131 Å². The Balaban J connectivity index is 2.31. The van der Waals surface area contributed by atoms with Gasteiger partial charge in [-0.25, -0.2) is 9.69 Å². The highest BCUT2D eigenvalue weighted by Crippen LogP contribution is 2.32. The fraction of sp³-hybridized carbons (Fsp3) is 0.0667. The number of hydrogen-bond acceptors (Lipinski definition) is 6. The molecule has 0 fully saturated rings. The SMILES string of the molecule is COc1cc([N+](=O)[O-])ccc1N(C=O)C(=O)Oc1ccccc1. The molecule has 0 aliphatic rings. The summed E-state index contributed by atoms with van der Waals surface area (Å²) in [5, 5.41) is 10.8. The molecule has 2 amide bonds. The minimum Gasteiger partial charge on any atom is -0.494 e. The standard InChI is InChI=1S/C15H12N2O6/c1-22-14-9-11(17(20)21)7-8-13(14)16(10-18)15(19)23-12-5-3-2-4-6-12/h2-10H,1H3. The van der Waals surface area contributed by atoms with Crippen LogP contribution in [0.2, 0.25) is 0 Å². The number of hydrogen-bond donors (Lipinski definition) is 0. The van der Waals surface area contributed by atoms with Gasteiger partial charge in [0.25, 0.3) is 5.69 Å². The number of carbonyl (C=O) groups excluding carboxylic acids is 2. The smallest absolute Gasteiger partial charge is 0.426 e. The Bertz CT molecular complexity index is 732. The van der Waals surface area contributed by atoms with E-state index in [9.17, 15) is 19.7 Å². The number of nitro groups is 1. The van der Waals surface area contributed by atoms with Crippen molar-refractivity contribution in [2.75, 3.05) is 12.0 Å². The number of benzene rings is 2. The molecule has 0 N–H and O–H groups in total. The number of para-hydroxylation sites is 1. The Kier molecular flexibility index (Phi) is 4.88. The average molecular weight is 316 g/mol. The zero-order valence-electron chi connectivity index (χ0n) is 12.0. The van der Waals surface area contributed by atoms with Crippen molar-refractivity contribution in [1.29, 1.82) is 0 Å². The first-order valence-corrected chi connectivity index (χ1v) is 6.40. The van der Waals surface area contributed by atoms with E-state index in [0.29, 0.717) is 4.90 Å². The Morgan fingerprint density at radius 3 is 2.48 bits per heavy atom. The third kappa shape index (κ3) is 3.62. The summed E-state index contributed by atoms with van der Waals surface area (Å²) in [4.78, 5) is 34.2. The van der Waals surface area contributed by atoms with Gasteiger partial charge >= 0.3 is 6.09 Å². The monoisotopic (exact) mass is 316 g/mol. The maximum atomic E-state index is 12.1. The zero-order chi connectivity index (χ0) is 16.8. The lowest BCUT2D eigenvalue weighted by Gasteiger charge is -2.17. The van der Waals surface area contributed by atoms with Crippen LogP contribution in [0.4, 0.5) is 16.2 Å². The summed E-state index contributed by atoms with van der Waals surface area (Å²) >= 11 is 0. The molecule has 2 rings (SSSR count). The highest BCUT2D eigenvalue weighted by Gasteiger charge is 2.23. The summed E-state index contributed by atoms with van der Waals surface area (Å²) in [6.45, 7) is 0. The van der Waals surface area contributed by atoms with Crippen LogP contribution in [0, 0.1) is 10.1 Å².